The molecule has 9 amide bonds. The Labute approximate surface area is 636 Å². The maximum atomic E-state index is 13.3. The van der Waals surface area contributed by atoms with Crippen molar-refractivity contribution in [3.8, 4) is 56.8 Å². The van der Waals surface area contributed by atoms with E-state index in [1.165, 1.54) is 12.1 Å². The van der Waals surface area contributed by atoms with Crippen LogP contribution in [0.15, 0.2) is 120 Å². The number of carboxylic acid groups (broad SMARTS) is 1. The molecule has 31 nitrogen and oxygen atoms in total. The molecule has 2 atom stereocenters. The summed E-state index contributed by atoms with van der Waals surface area (Å²) in [7, 11) is 10.0. The third-order valence-electron chi connectivity index (χ3n) is 20.3. The number of carbonyl (C=O) groups is 10. The van der Waals surface area contributed by atoms with Crippen LogP contribution < -0.4 is 61.2 Å². The van der Waals surface area contributed by atoms with Crippen molar-refractivity contribution in [3.63, 3.8) is 0 Å². The van der Waals surface area contributed by atoms with Crippen molar-refractivity contribution < 1.29 is 81.5 Å². The summed E-state index contributed by atoms with van der Waals surface area (Å²) >= 11 is 0. The van der Waals surface area contributed by atoms with Gasteiger partial charge in [0.2, 0.25) is 29.5 Å². The monoisotopic (exact) mass is 1520 g/mol. The van der Waals surface area contributed by atoms with E-state index in [1.54, 1.807) is 107 Å². The van der Waals surface area contributed by atoms with Crippen molar-refractivity contribution in [2.45, 2.75) is 114 Å². The molecule has 580 valence electrons. The van der Waals surface area contributed by atoms with Crippen LogP contribution in [-0.4, -0.2) is 195 Å². The summed E-state index contributed by atoms with van der Waals surface area (Å²) < 4.78 is 37.7. The number of carboxylic acids is 1. The summed E-state index contributed by atoms with van der Waals surface area (Å²) in [6.45, 7) is 4.93. The molecule has 14 rings (SSSR count). The second-order valence-corrected chi connectivity index (χ2v) is 27.9. The quantitative estimate of drug-likeness (QED) is 0.0298. The van der Waals surface area contributed by atoms with Gasteiger partial charge in [-0.25, -0.2) is 0 Å². The van der Waals surface area contributed by atoms with Crippen LogP contribution in [0.5, 0.6) is 34.5 Å². The number of aliphatic carboxylic acids is 1. The number of fused-ring (bicyclic) bond motifs is 4. The number of hydrogen-bond acceptors (Lipinski definition) is 23. The normalized spacial score (nSPS) is 17.0. The van der Waals surface area contributed by atoms with Crippen LogP contribution in [0.25, 0.3) is 43.8 Å². The largest absolute Gasteiger partial charge is 0.496 e. The second kappa shape index (κ2) is 34.6. The number of pyridine rings is 4. The van der Waals surface area contributed by atoms with Gasteiger partial charge in [-0.3, -0.25) is 97.7 Å². The fraction of sp³-hybridized carbons (Fsp3) is 0.375. The Morgan fingerprint density at radius 1 is 0.514 bits per heavy atom. The van der Waals surface area contributed by atoms with E-state index in [0.29, 0.717) is 80.4 Å². The fourth-order valence-electron chi connectivity index (χ4n) is 14.6. The van der Waals surface area contributed by atoms with Gasteiger partial charge in [0, 0.05) is 133 Å². The van der Waals surface area contributed by atoms with Gasteiger partial charge in [0.15, 0.2) is 0 Å². The molecule has 6 aliphatic heterocycles. The average Bonchev–Trinajstić information content (AvgIpc) is 1.60. The Kier molecular flexibility index (Phi) is 24.4. The summed E-state index contributed by atoms with van der Waals surface area (Å²) in [4.78, 5) is 162. The molecule has 4 aromatic carbocycles. The molecule has 111 heavy (non-hydrogen) atoms. The first kappa shape index (κ1) is 78.4. The maximum Gasteiger partial charge on any atom is 0.303 e. The van der Waals surface area contributed by atoms with Crippen LogP contribution in [0, 0.1) is 0 Å². The minimum atomic E-state index is -1.04. The number of amides is 9. The van der Waals surface area contributed by atoms with E-state index in [1.807, 2.05) is 42.6 Å². The molecule has 31 heteroatoms. The molecule has 4 aromatic heterocycles. The van der Waals surface area contributed by atoms with Crippen LogP contribution in [0.3, 0.4) is 0 Å². The first-order valence-electron chi connectivity index (χ1n) is 36.5. The molecule has 0 aliphatic carbocycles. The minimum Gasteiger partial charge on any atom is -0.496 e. The van der Waals surface area contributed by atoms with E-state index >= 15 is 0 Å². The fourth-order valence-corrected chi connectivity index (χ4v) is 14.6. The van der Waals surface area contributed by atoms with Gasteiger partial charge in [0.05, 0.1) is 91.8 Å². The lowest BCUT2D eigenvalue weighted by molar-refractivity contribution is -0.138. The Hall–Kier alpha value is -12.2. The number of nitrogens with two attached hydrogens (primary N) is 1. The van der Waals surface area contributed by atoms with Crippen molar-refractivity contribution in [2.75, 3.05) is 67.8 Å². The molecule has 4 saturated heterocycles. The molecular formula is C80H86N12O19. The van der Waals surface area contributed by atoms with Crippen LogP contribution in [0.4, 0.5) is 0 Å². The number of nitrogens with one attached hydrogen (secondary N) is 3. The molecule has 2 unspecified atom stereocenters. The zero-order valence-electron chi connectivity index (χ0n) is 62.3. The van der Waals surface area contributed by atoms with Gasteiger partial charge in [0.1, 0.15) is 46.6 Å². The van der Waals surface area contributed by atoms with Crippen molar-refractivity contribution in [1.82, 2.24) is 54.7 Å². The highest BCUT2D eigenvalue weighted by Crippen LogP contribution is 2.42. The van der Waals surface area contributed by atoms with Gasteiger partial charge in [-0.1, -0.05) is 12.1 Å². The Balaban J connectivity index is 0.000000171. The number of hydrogen-bond donors (Lipinski definition) is 5. The third kappa shape index (κ3) is 17.0. The SMILES string of the molecule is COc1cc(-c2cn(C)c(=O)c3cnccc23)cc(OC)c1CN1CC(N)C1.COc1cc(-c2cn(C)c(=O)c3cnccc23)cc(OC)c1CN1CC(NC(=O)CCCCCOc2cccc3c2C(=O)N(C2CCC(=O)NC2=O)C3=O)C1.O=C(O)CCCCCOc1cccc2c1C(=O)N(C1CCC(=O)NC1=O)C2=O. The van der Waals surface area contributed by atoms with Crippen LogP contribution in [0.2, 0.25) is 0 Å². The number of unbranched alkanes of at least 4 members (excludes halogenated alkanes) is 4. The van der Waals surface area contributed by atoms with E-state index < -0.39 is 65.3 Å². The number of benzene rings is 4. The maximum absolute atomic E-state index is 13.3. The first-order valence-corrected chi connectivity index (χ1v) is 36.5. The number of imide groups is 4. The van der Waals surface area contributed by atoms with Gasteiger partial charge in [-0.15, -0.1) is 0 Å². The smallest absolute Gasteiger partial charge is 0.303 e. The van der Waals surface area contributed by atoms with Gasteiger partial charge in [-0.2, -0.15) is 0 Å². The van der Waals surface area contributed by atoms with E-state index in [4.69, 9.17) is 39.3 Å². The molecule has 0 bridgehead atoms. The topological polar surface area (TPSA) is 391 Å². The Morgan fingerprint density at radius 2 is 0.928 bits per heavy atom. The Morgan fingerprint density at radius 3 is 1.32 bits per heavy atom. The number of nitrogens with zero attached hydrogens (tertiary/aromatic N) is 8. The van der Waals surface area contributed by atoms with Crippen molar-refractivity contribution >= 4 is 80.7 Å². The lowest BCUT2D eigenvalue weighted by Gasteiger charge is -2.40. The summed E-state index contributed by atoms with van der Waals surface area (Å²) in [6, 6.07) is 19.2. The number of likely N-dealkylation sites (tertiary alicyclic amines) is 2. The van der Waals surface area contributed by atoms with E-state index in [-0.39, 0.29) is 108 Å². The third-order valence-corrected chi connectivity index (χ3v) is 20.3. The molecule has 0 saturated carbocycles. The second-order valence-electron chi connectivity index (χ2n) is 27.9. The van der Waals surface area contributed by atoms with E-state index in [0.717, 1.165) is 91.5 Å². The molecule has 0 spiro atoms. The Bertz CT molecular complexity index is 5090. The number of rotatable bonds is 27. The molecule has 8 aromatic rings. The summed E-state index contributed by atoms with van der Waals surface area (Å²) in [5, 5.41) is 18.8. The van der Waals surface area contributed by atoms with Crippen molar-refractivity contribution in [2.24, 2.45) is 19.8 Å². The van der Waals surface area contributed by atoms with Crippen molar-refractivity contribution in [3.05, 3.63) is 164 Å². The van der Waals surface area contributed by atoms with Gasteiger partial charge >= 0.3 is 5.97 Å². The average molecular weight is 1520 g/mol. The molecule has 10 heterocycles. The van der Waals surface area contributed by atoms with Crippen LogP contribution in [0.1, 0.15) is 130 Å². The standard InChI is InChI=1S/C40H42N6O9.C21H24N4O3.C19H20N2O7/c1-44-21-28(25-13-14-41-18-27(25)38(44)50)23-16-32(53-2)29(33(17-23)54-3)22-45-19-24(20-45)42-34(47)10-5-4-6-15-55-31-9-7-8-26-36(31)40(52)46(39(26)51)30-11-12-35(48)43-37(30)49;1-24-11-17(15-4-5-23-8-16(15)21(24)26)13-6-19(27-2)18(20(7-13)28-3)12-25-9-14(22)10-25;22-14-9-8-12(17(25)20-14)21-18(26)11-5-4-6-13(16(11)19(21)27)28-10-3-1-2-7-15(23)24/h7-9,13-14,16-18,21,24,30H,4-6,10-12,15,19-20,22H2,1-3H3,(H,42,47)(H,43,48,49);4-8,11,14H,9-10,12,22H2,1-3H3;4-6,12H,1-3,7-10H2,(H,23,24)(H,20,22,25). The minimum absolute atomic E-state index is 0.0247. The number of carbonyl (C=O) groups excluding carboxylic acids is 9. The zero-order valence-corrected chi connectivity index (χ0v) is 62.3. The number of ether oxygens (including phenoxy) is 6. The van der Waals surface area contributed by atoms with Gasteiger partial charge in [-0.05, 0) is 134 Å². The molecular weight excluding hydrogens is 1430 g/mol. The summed E-state index contributed by atoms with van der Waals surface area (Å²) in [5.41, 5.74) is 11.7. The van der Waals surface area contributed by atoms with E-state index in [9.17, 15) is 57.5 Å². The van der Waals surface area contributed by atoms with Gasteiger partial charge < -0.3 is 53.7 Å². The highest BCUT2D eigenvalue weighted by Gasteiger charge is 2.48. The predicted molar refractivity (Wildman–Crippen MR) is 403 cm³/mol. The number of aromatic nitrogens is 4. The number of aryl methyl sites for hydroxylation is 2. The summed E-state index contributed by atoms with van der Waals surface area (Å²) in [6.07, 6.45) is 14.7. The molecule has 6 N–H and O–H groups in total. The lowest BCUT2D eigenvalue weighted by Crippen LogP contribution is -2.58. The van der Waals surface area contributed by atoms with Crippen LogP contribution >= 0.6 is 0 Å². The molecule has 4 fully saturated rings. The number of piperidine rings is 2. The highest BCUT2D eigenvalue weighted by atomic mass is 16.5. The van der Waals surface area contributed by atoms with Gasteiger partial charge in [0.25, 0.3) is 34.7 Å². The molecule has 0 radical (unpaired) electrons. The lowest BCUT2D eigenvalue weighted by atomic mass is 9.98. The number of methoxy groups -OCH3 is 4. The van der Waals surface area contributed by atoms with Crippen LogP contribution in [-0.2, 0) is 56.0 Å². The highest BCUT2D eigenvalue weighted by molar-refractivity contribution is 6.25. The zero-order chi connectivity index (χ0) is 78.9. The summed E-state index contributed by atoms with van der Waals surface area (Å²) in [5.74, 6) is -2.10. The first-order chi connectivity index (χ1) is 53.5. The molecule has 6 aliphatic rings. The van der Waals surface area contributed by atoms with Crippen molar-refractivity contribution in [1.29, 1.82) is 0 Å². The van der Waals surface area contributed by atoms with E-state index in [2.05, 4.69) is 35.7 Å². The predicted octanol–water partition coefficient (Wildman–Crippen LogP) is 5.83.